The van der Waals surface area contributed by atoms with Crippen LogP contribution in [0, 0.1) is 6.92 Å². The van der Waals surface area contributed by atoms with Crippen LogP contribution in [-0.4, -0.2) is 15.6 Å². The predicted molar refractivity (Wildman–Crippen MR) is 85.9 cm³/mol. The monoisotopic (exact) mass is 305 g/mol. The fraction of sp³-hybridized carbons (Fsp3) is 0.375. The van der Waals surface area contributed by atoms with Gasteiger partial charge in [-0.05, 0) is 32.4 Å². The number of nitrogens with two attached hydrogens (primary N) is 1. The summed E-state index contributed by atoms with van der Waals surface area (Å²) in [5.41, 5.74) is 9.57. The average molecular weight is 306 g/mol. The average Bonchev–Trinajstić information content (AvgIpc) is 2.77. The molecule has 0 aliphatic carbocycles. The van der Waals surface area contributed by atoms with Crippen LogP contribution in [0.4, 0.5) is 5.69 Å². The molecule has 0 aliphatic rings. The van der Waals surface area contributed by atoms with Gasteiger partial charge in [0.25, 0.3) is 0 Å². The van der Waals surface area contributed by atoms with E-state index < -0.39 is 0 Å². The number of nitrogens with zero attached hydrogens (tertiary/aromatic N) is 2. The maximum Gasteiger partial charge on any atom is 0.170 e. The van der Waals surface area contributed by atoms with E-state index in [-0.39, 0.29) is 12.2 Å². The van der Waals surface area contributed by atoms with Crippen LogP contribution in [0.3, 0.4) is 0 Å². The van der Waals surface area contributed by atoms with Gasteiger partial charge in [0, 0.05) is 17.8 Å². The van der Waals surface area contributed by atoms with Gasteiger partial charge in [0.05, 0.1) is 22.8 Å². The van der Waals surface area contributed by atoms with Crippen molar-refractivity contribution in [2.24, 2.45) is 0 Å². The topological polar surface area (TPSA) is 60.9 Å². The van der Waals surface area contributed by atoms with Gasteiger partial charge in [-0.25, -0.2) is 0 Å². The zero-order valence-corrected chi connectivity index (χ0v) is 13.4. The molecule has 4 nitrogen and oxygen atoms in total. The van der Waals surface area contributed by atoms with Crippen LogP contribution in [0.25, 0.3) is 0 Å². The zero-order valence-electron chi connectivity index (χ0n) is 12.6. The molecule has 21 heavy (non-hydrogen) atoms. The lowest BCUT2D eigenvalue weighted by atomic mass is 10.0. The lowest BCUT2D eigenvalue weighted by molar-refractivity contribution is 0.0991. The maximum atomic E-state index is 12.5. The Morgan fingerprint density at radius 3 is 2.71 bits per heavy atom. The molecule has 2 aromatic rings. The van der Waals surface area contributed by atoms with Gasteiger partial charge in [-0.1, -0.05) is 30.2 Å². The number of halogens is 1. The molecular weight excluding hydrogens is 286 g/mol. The summed E-state index contributed by atoms with van der Waals surface area (Å²) in [7, 11) is 0. The summed E-state index contributed by atoms with van der Waals surface area (Å²) in [5, 5.41) is 5.03. The largest absolute Gasteiger partial charge is 0.398 e. The number of aromatic nitrogens is 2. The second kappa shape index (κ2) is 6.31. The Balaban J connectivity index is 2.35. The minimum Gasteiger partial charge on any atom is -0.398 e. The van der Waals surface area contributed by atoms with E-state index in [2.05, 4.69) is 5.10 Å². The Morgan fingerprint density at radius 2 is 2.10 bits per heavy atom. The molecule has 1 aromatic carbocycles. The maximum absolute atomic E-state index is 12.5. The molecule has 0 aliphatic heterocycles. The summed E-state index contributed by atoms with van der Waals surface area (Å²) in [6, 6.07) is 5.47. The Morgan fingerprint density at radius 1 is 1.38 bits per heavy atom. The molecule has 2 N–H and O–H groups in total. The van der Waals surface area contributed by atoms with Gasteiger partial charge >= 0.3 is 0 Å². The van der Waals surface area contributed by atoms with Gasteiger partial charge in [0.2, 0.25) is 0 Å². The zero-order chi connectivity index (χ0) is 15.6. The third kappa shape index (κ3) is 3.10. The second-order valence-electron chi connectivity index (χ2n) is 5.07. The van der Waals surface area contributed by atoms with E-state index in [0.717, 1.165) is 23.4 Å². The van der Waals surface area contributed by atoms with Crippen molar-refractivity contribution in [2.75, 3.05) is 5.73 Å². The first-order chi connectivity index (χ1) is 9.97. The molecule has 0 fully saturated rings. The number of benzene rings is 1. The quantitative estimate of drug-likeness (QED) is 0.680. The van der Waals surface area contributed by atoms with Crippen molar-refractivity contribution in [1.82, 2.24) is 9.78 Å². The lowest BCUT2D eigenvalue weighted by Gasteiger charge is -2.08. The number of carbonyl (C=O) groups excluding carboxylic acids is 1. The predicted octanol–water partition coefficient (Wildman–Crippen LogP) is 3.43. The molecule has 1 heterocycles. The van der Waals surface area contributed by atoms with Crippen molar-refractivity contribution in [2.45, 2.75) is 40.2 Å². The van der Waals surface area contributed by atoms with Crippen LogP contribution in [0.2, 0.25) is 5.02 Å². The number of nitrogen functional groups attached to an aromatic ring is 1. The third-order valence-electron chi connectivity index (χ3n) is 3.53. The van der Waals surface area contributed by atoms with Gasteiger partial charge in [-0.3, -0.25) is 9.48 Å². The molecule has 0 saturated heterocycles. The molecule has 2 rings (SSSR count). The van der Waals surface area contributed by atoms with Crippen LogP contribution in [0.5, 0.6) is 0 Å². The third-order valence-corrected chi connectivity index (χ3v) is 3.97. The highest BCUT2D eigenvalue weighted by Crippen LogP contribution is 2.24. The number of Topliss-reactive ketones (excluding diaryl/α,β-unsaturated/α-hetero) is 1. The minimum atomic E-state index is -0.0321. The SMILES string of the molecule is CCc1nn(CC)c(CC(=O)c2cc(C)ccc2N)c1Cl. The van der Waals surface area contributed by atoms with Crippen molar-refractivity contribution in [1.29, 1.82) is 0 Å². The van der Waals surface area contributed by atoms with Crippen molar-refractivity contribution < 1.29 is 4.79 Å². The van der Waals surface area contributed by atoms with Gasteiger partial charge < -0.3 is 5.73 Å². The van der Waals surface area contributed by atoms with Crippen LogP contribution < -0.4 is 5.73 Å². The van der Waals surface area contributed by atoms with Crippen LogP contribution in [-0.2, 0) is 19.4 Å². The number of anilines is 1. The fourth-order valence-corrected chi connectivity index (χ4v) is 2.68. The number of hydrogen-bond donors (Lipinski definition) is 1. The van der Waals surface area contributed by atoms with E-state index in [9.17, 15) is 4.79 Å². The summed E-state index contributed by atoms with van der Waals surface area (Å²) in [6.45, 7) is 6.61. The number of ketones is 1. The molecule has 0 atom stereocenters. The van der Waals surface area contributed by atoms with Crippen LogP contribution in [0.1, 0.15) is 41.2 Å². The number of rotatable bonds is 5. The van der Waals surface area contributed by atoms with E-state index in [4.69, 9.17) is 17.3 Å². The summed E-state index contributed by atoms with van der Waals surface area (Å²) >= 11 is 6.34. The number of aryl methyl sites for hydroxylation is 3. The molecular formula is C16H20ClN3O. The highest BCUT2D eigenvalue weighted by atomic mass is 35.5. The van der Waals surface area contributed by atoms with Crippen LogP contribution >= 0.6 is 11.6 Å². The number of hydrogen-bond acceptors (Lipinski definition) is 3. The normalized spacial score (nSPS) is 10.9. The van der Waals surface area contributed by atoms with Crippen molar-refractivity contribution in [3.8, 4) is 0 Å². The molecule has 1 aromatic heterocycles. The second-order valence-corrected chi connectivity index (χ2v) is 5.45. The van der Waals surface area contributed by atoms with Crippen LogP contribution in [0.15, 0.2) is 18.2 Å². The summed E-state index contributed by atoms with van der Waals surface area (Å²) in [6.07, 6.45) is 0.965. The summed E-state index contributed by atoms with van der Waals surface area (Å²) < 4.78 is 1.80. The molecule has 0 unspecified atom stereocenters. The summed E-state index contributed by atoms with van der Waals surface area (Å²) in [5.74, 6) is -0.0321. The van der Waals surface area contributed by atoms with Gasteiger partial charge in [0.15, 0.2) is 5.78 Å². The minimum absolute atomic E-state index is 0.0321. The van der Waals surface area contributed by atoms with E-state index >= 15 is 0 Å². The Hall–Kier alpha value is -1.81. The molecule has 0 radical (unpaired) electrons. The van der Waals surface area contributed by atoms with Crippen molar-refractivity contribution in [3.63, 3.8) is 0 Å². The van der Waals surface area contributed by atoms with E-state index in [1.54, 1.807) is 10.7 Å². The molecule has 0 saturated carbocycles. The van der Waals surface area contributed by atoms with E-state index in [0.29, 0.717) is 22.8 Å². The van der Waals surface area contributed by atoms with E-state index in [1.807, 2.05) is 32.9 Å². The first-order valence-corrected chi connectivity index (χ1v) is 7.49. The number of carbonyl (C=O) groups is 1. The highest BCUT2D eigenvalue weighted by molar-refractivity contribution is 6.32. The standard InChI is InChI=1S/C16H20ClN3O/c1-4-13-16(17)14(20(5-2)19-13)9-15(21)11-8-10(3)6-7-12(11)18/h6-8H,4-5,9,18H2,1-3H3. The fourth-order valence-electron chi connectivity index (χ4n) is 2.35. The van der Waals surface area contributed by atoms with E-state index in [1.165, 1.54) is 0 Å². The Kier molecular flexibility index (Phi) is 4.68. The smallest absolute Gasteiger partial charge is 0.170 e. The summed E-state index contributed by atoms with van der Waals surface area (Å²) in [4.78, 5) is 12.5. The molecule has 112 valence electrons. The first-order valence-electron chi connectivity index (χ1n) is 7.11. The van der Waals surface area contributed by atoms with Gasteiger partial charge in [-0.2, -0.15) is 5.10 Å². The van der Waals surface area contributed by atoms with Crippen molar-refractivity contribution >= 4 is 23.1 Å². The Bertz CT molecular complexity index is 676. The van der Waals surface area contributed by atoms with Gasteiger partial charge in [0.1, 0.15) is 0 Å². The molecule has 0 bridgehead atoms. The molecule has 5 heteroatoms. The lowest BCUT2D eigenvalue weighted by Crippen LogP contribution is -2.12. The van der Waals surface area contributed by atoms with Gasteiger partial charge in [-0.15, -0.1) is 0 Å². The highest BCUT2D eigenvalue weighted by Gasteiger charge is 2.19. The van der Waals surface area contributed by atoms with Crippen molar-refractivity contribution in [3.05, 3.63) is 45.7 Å². The Labute approximate surface area is 129 Å². The molecule has 0 spiro atoms. The molecule has 0 amide bonds. The first kappa shape index (κ1) is 15.6.